The van der Waals surface area contributed by atoms with Crippen LogP contribution in [0.3, 0.4) is 0 Å². The molecule has 1 aromatic carbocycles. The molecule has 0 radical (unpaired) electrons. The Morgan fingerprint density at radius 2 is 2.29 bits per heavy atom. The highest BCUT2D eigenvalue weighted by Crippen LogP contribution is 2.53. The van der Waals surface area contributed by atoms with Crippen molar-refractivity contribution in [2.45, 2.75) is 25.3 Å². The van der Waals surface area contributed by atoms with Crippen molar-refractivity contribution < 1.29 is 9.53 Å². The number of nitrogens with zero attached hydrogens (tertiary/aromatic N) is 1. The molecule has 1 aliphatic carbocycles. The van der Waals surface area contributed by atoms with Crippen molar-refractivity contribution in [1.82, 2.24) is 4.90 Å². The minimum atomic E-state index is -0.442. The number of amides is 2. The molecule has 2 amide bonds. The summed E-state index contributed by atoms with van der Waals surface area (Å²) in [5.41, 5.74) is 1.44. The third-order valence-electron chi connectivity index (χ3n) is 4.38. The summed E-state index contributed by atoms with van der Waals surface area (Å²) in [5, 5.41) is 3.59. The number of allylic oxidation sites excluding steroid dienone is 1. The van der Waals surface area contributed by atoms with Crippen LogP contribution in [0.1, 0.15) is 25.3 Å². The third kappa shape index (κ3) is 2.27. The van der Waals surface area contributed by atoms with Crippen molar-refractivity contribution in [3.63, 3.8) is 0 Å². The van der Waals surface area contributed by atoms with E-state index < -0.39 is 5.54 Å². The van der Waals surface area contributed by atoms with Gasteiger partial charge in [0.1, 0.15) is 12.1 Å². The Hall–Kier alpha value is -1.68. The Bertz CT molecular complexity index is 598. The van der Waals surface area contributed by atoms with E-state index in [1.807, 2.05) is 32.2 Å². The average Bonchev–Trinajstić information content (AvgIpc) is 3.29. The highest BCUT2D eigenvalue weighted by atomic mass is 35.5. The second-order valence-electron chi connectivity index (χ2n) is 5.66. The molecular weight excluding hydrogens is 288 g/mol. The van der Waals surface area contributed by atoms with Gasteiger partial charge >= 0.3 is 6.03 Å². The van der Waals surface area contributed by atoms with Crippen LogP contribution in [0, 0.1) is 5.92 Å². The van der Waals surface area contributed by atoms with Crippen molar-refractivity contribution >= 4 is 23.3 Å². The van der Waals surface area contributed by atoms with E-state index in [-0.39, 0.29) is 6.03 Å². The lowest BCUT2D eigenvalue weighted by atomic mass is 9.81. The molecule has 5 heteroatoms. The fourth-order valence-electron chi connectivity index (χ4n) is 3.16. The topological polar surface area (TPSA) is 41.6 Å². The zero-order valence-electron chi connectivity index (χ0n) is 12.2. The molecule has 0 spiro atoms. The Labute approximate surface area is 129 Å². The van der Waals surface area contributed by atoms with Crippen LogP contribution in [0.2, 0.25) is 5.02 Å². The molecule has 1 saturated carbocycles. The maximum atomic E-state index is 12.3. The summed E-state index contributed by atoms with van der Waals surface area (Å²) in [6, 6.07) is 5.52. The molecule has 4 nitrogen and oxygen atoms in total. The lowest BCUT2D eigenvalue weighted by Gasteiger charge is -2.46. The number of likely N-dealkylation sites (N-methyl/N-ethyl adjacent to an activating group) is 1. The van der Waals surface area contributed by atoms with E-state index in [9.17, 15) is 4.79 Å². The number of carbonyl (C=O) groups excluding carboxylic acids is 1. The Balaban J connectivity index is 2.11. The third-order valence-corrected chi connectivity index (χ3v) is 4.62. The van der Waals surface area contributed by atoms with Crippen molar-refractivity contribution in [2.24, 2.45) is 5.92 Å². The summed E-state index contributed by atoms with van der Waals surface area (Å²) >= 11 is 6.19. The summed E-state index contributed by atoms with van der Waals surface area (Å²) in [4.78, 5) is 14.1. The number of rotatable bonds is 4. The molecule has 1 aromatic rings. The first-order valence-corrected chi connectivity index (χ1v) is 7.55. The van der Waals surface area contributed by atoms with Gasteiger partial charge in [-0.25, -0.2) is 4.79 Å². The number of benzene rings is 1. The molecule has 0 aromatic heterocycles. The quantitative estimate of drug-likeness (QED) is 0.855. The largest absolute Gasteiger partial charge is 0.499 e. The number of halogens is 1. The highest BCUT2D eigenvalue weighted by molar-refractivity contribution is 6.30. The molecule has 0 saturated heterocycles. The Morgan fingerprint density at radius 1 is 1.52 bits per heavy atom. The van der Waals surface area contributed by atoms with E-state index in [2.05, 4.69) is 5.32 Å². The maximum Gasteiger partial charge on any atom is 0.322 e. The zero-order chi connectivity index (χ0) is 15.0. The van der Waals surface area contributed by atoms with Gasteiger partial charge in [-0.15, -0.1) is 0 Å². The molecule has 1 fully saturated rings. The predicted molar refractivity (Wildman–Crippen MR) is 83.4 cm³/mol. The van der Waals surface area contributed by atoms with Crippen molar-refractivity contribution in [2.75, 3.05) is 19.0 Å². The van der Waals surface area contributed by atoms with E-state index in [0.717, 1.165) is 24.1 Å². The zero-order valence-corrected chi connectivity index (χ0v) is 13.0. The predicted octanol–water partition coefficient (Wildman–Crippen LogP) is 3.97. The summed E-state index contributed by atoms with van der Waals surface area (Å²) in [7, 11) is 1.83. The van der Waals surface area contributed by atoms with Gasteiger partial charge in [-0.05, 0) is 43.9 Å². The minimum absolute atomic E-state index is 0.0965. The van der Waals surface area contributed by atoms with E-state index in [1.165, 1.54) is 0 Å². The standard InChI is InChI=1S/C16H19ClN2O2/c1-3-8-21-10-16(11-4-5-11)13-9-12(17)6-7-14(13)18-15(20)19(16)2/h3,6-9,11H,4-5,10H2,1-2H3,(H,18,20). The highest BCUT2D eigenvalue weighted by Gasteiger charge is 2.54. The number of anilines is 1. The van der Waals surface area contributed by atoms with E-state index >= 15 is 0 Å². The second kappa shape index (κ2) is 5.26. The second-order valence-corrected chi connectivity index (χ2v) is 6.09. The van der Waals surface area contributed by atoms with E-state index in [0.29, 0.717) is 17.5 Å². The number of fused-ring (bicyclic) bond motifs is 1. The lowest BCUT2D eigenvalue weighted by molar-refractivity contribution is 0.0442. The first kappa shape index (κ1) is 14.3. The van der Waals surface area contributed by atoms with Crippen LogP contribution >= 0.6 is 11.6 Å². The van der Waals surface area contributed by atoms with Crippen LogP contribution in [-0.4, -0.2) is 24.6 Å². The lowest BCUT2D eigenvalue weighted by Crippen LogP contribution is -2.56. The van der Waals surface area contributed by atoms with Crippen LogP contribution in [-0.2, 0) is 10.3 Å². The average molecular weight is 307 g/mol. The Kier molecular flexibility index (Phi) is 3.57. The van der Waals surface area contributed by atoms with Crippen LogP contribution in [0.15, 0.2) is 30.5 Å². The fourth-order valence-corrected chi connectivity index (χ4v) is 3.34. The number of urea groups is 1. The molecular formula is C16H19ClN2O2. The Morgan fingerprint density at radius 3 is 2.95 bits per heavy atom. The van der Waals surface area contributed by atoms with Gasteiger partial charge in [-0.2, -0.15) is 0 Å². The van der Waals surface area contributed by atoms with Crippen molar-refractivity contribution in [3.05, 3.63) is 41.1 Å². The number of hydrogen-bond acceptors (Lipinski definition) is 2. The summed E-state index contributed by atoms with van der Waals surface area (Å²) < 4.78 is 5.70. The van der Waals surface area contributed by atoms with Gasteiger partial charge in [0, 0.05) is 23.3 Å². The summed E-state index contributed by atoms with van der Waals surface area (Å²) in [6.45, 7) is 2.35. The van der Waals surface area contributed by atoms with Gasteiger partial charge in [-0.3, -0.25) is 0 Å². The number of ether oxygens (including phenoxy) is 1. The first-order chi connectivity index (χ1) is 10.1. The molecule has 0 bridgehead atoms. The van der Waals surface area contributed by atoms with E-state index in [4.69, 9.17) is 16.3 Å². The minimum Gasteiger partial charge on any atom is -0.499 e. The van der Waals surface area contributed by atoms with Gasteiger partial charge in [0.15, 0.2) is 0 Å². The molecule has 3 rings (SSSR count). The molecule has 1 unspecified atom stereocenters. The van der Waals surface area contributed by atoms with Crippen molar-refractivity contribution in [3.8, 4) is 0 Å². The molecule has 1 heterocycles. The van der Waals surface area contributed by atoms with Gasteiger partial charge in [0.25, 0.3) is 0 Å². The van der Waals surface area contributed by atoms with Gasteiger partial charge < -0.3 is 15.0 Å². The summed E-state index contributed by atoms with van der Waals surface area (Å²) in [5.74, 6) is 0.413. The number of carbonyl (C=O) groups is 1. The number of nitrogens with one attached hydrogen (secondary N) is 1. The maximum absolute atomic E-state index is 12.3. The van der Waals surface area contributed by atoms with Gasteiger partial charge in [0.05, 0.1) is 6.26 Å². The van der Waals surface area contributed by atoms with Crippen LogP contribution in [0.5, 0.6) is 0 Å². The molecule has 2 aliphatic rings. The monoisotopic (exact) mass is 306 g/mol. The first-order valence-electron chi connectivity index (χ1n) is 7.17. The smallest absolute Gasteiger partial charge is 0.322 e. The molecule has 1 atom stereocenters. The van der Waals surface area contributed by atoms with Crippen LogP contribution < -0.4 is 5.32 Å². The van der Waals surface area contributed by atoms with Crippen LogP contribution in [0.25, 0.3) is 0 Å². The SMILES string of the molecule is CC=COCC1(C2CC2)c2cc(Cl)ccc2NC(=O)N1C. The molecule has 1 aliphatic heterocycles. The molecule has 1 N–H and O–H groups in total. The van der Waals surface area contributed by atoms with Crippen LogP contribution in [0.4, 0.5) is 10.5 Å². The summed E-state index contributed by atoms with van der Waals surface area (Å²) in [6.07, 6.45) is 5.72. The van der Waals surface area contributed by atoms with Gasteiger partial charge in [-0.1, -0.05) is 17.7 Å². The molecule has 112 valence electrons. The van der Waals surface area contributed by atoms with Crippen molar-refractivity contribution in [1.29, 1.82) is 0 Å². The molecule has 21 heavy (non-hydrogen) atoms. The van der Waals surface area contributed by atoms with Gasteiger partial charge in [0.2, 0.25) is 0 Å². The number of hydrogen-bond donors (Lipinski definition) is 1. The normalized spacial score (nSPS) is 24.9. The fraction of sp³-hybridized carbons (Fsp3) is 0.438. The van der Waals surface area contributed by atoms with E-state index in [1.54, 1.807) is 17.2 Å².